The van der Waals surface area contributed by atoms with Crippen molar-refractivity contribution in [1.82, 2.24) is 9.47 Å². The second kappa shape index (κ2) is 9.05. The molecule has 0 saturated heterocycles. The van der Waals surface area contributed by atoms with E-state index < -0.39 is 0 Å². The van der Waals surface area contributed by atoms with Crippen molar-refractivity contribution in [1.29, 1.82) is 0 Å². The molecule has 2 heterocycles. The number of anilines is 1. The minimum absolute atomic E-state index is 0.0669. The smallest absolute Gasteiger partial charge is 0.257 e. The highest BCUT2D eigenvalue weighted by Gasteiger charge is 2.25. The Morgan fingerprint density at radius 1 is 1.09 bits per heavy atom. The number of amides is 1. The van der Waals surface area contributed by atoms with E-state index in [1.165, 1.54) is 16.8 Å². The maximum atomic E-state index is 12.8. The molecule has 4 rings (SSSR count). The Labute approximate surface area is 190 Å². The lowest BCUT2D eigenvalue weighted by Crippen LogP contribution is -2.13. The molecule has 0 spiro atoms. The number of fused-ring (bicyclic) bond motifs is 1. The van der Waals surface area contributed by atoms with Crippen LogP contribution in [-0.2, 0) is 11.2 Å². The molecule has 2 aromatic carbocycles. The van der Waals surface area contributed by atoms with E-state index >= 15 is 0 Å². The molecule has 1 N–H and O–H groups in total. The van der Waals surface area contributed by atoms with E-state index in [9.17, 15) is 4.79 Å². The Morgan fingerprint density at radius 3 is 2.62 bits per heavy atom. The van der Waals surface area contributed by atoms with E-state index in [-0.39, 0.29) is 5.91 Å². The zero-order chi connectivity index (χ0) is 22.8. The second-order valence-electron chi connectivity index (χ2n) is 8.68. The summed E-state index contributed by atoms with van der Waals surface area (Å²) in [5.74, 6) is 0.746. The highest BCUT2D eigenvalue weighted by Crippen LogP contribution is 2.36. The molecule has 1 amide bonds. The molecule has 0 aliphatic carbocycles. The summed E-state index contributed by atoms with van der Waals surface area (Å²) in [5.41, 5.74) is 8.40. The summed E-state index contributed by atoms with van der Waals surface area (Å²) in [5, 5.41) is 3.04. The monoisotopic (exact) mass is 429 g/mol. The lowest BCUT2D eigenvalue weighted by atomic mass is 10.0. The number of benzene rings is 2. The average Bonchev–Trinajstić information content (AvgIpc) is 3.23. The van der Waals surface area contributed by atoms with Gasteiger partial charge in [0.1, 0.15) is 5.75 Å². The summed E-state index contributed by atoms with van der Waals surface area (Å²) in [6.07, 6.45) is 6.25. The summed E-state index contributed by atoms with van der Waals surface area (Å²) >= 11 is 0. The minimum Gasteiger partial charge on any atom is -0.497 e. The van der Waals surface area contributed by atoms with E-state index in [1.54, 1.807) is 7.11 Å². The van der Waals surface area contributed by atoms with Crippen LogP contribution in [0.3, 0.4) is 0 Å². The van der Waals surface area contributed by atoms with Crippen molar-refractivity contribution in [3.05, 3.63) is 71.0 Å². The molecule has 5 heteroatoms. The number of methoxy groups -OCH3 is 1. The number of aryl methyl sites for hydroxylation is 1. The molecule has 0 radical (unpaired) electrons. The van der Waals surface area contributed by atoms with Gasteiger partial charge in [-0.15, -0.1) is 0 Å². The molecule has 1 aliphatic rings. The minimum atomic E-state index is -0.0669. The fraction of sp³-hybridized carbons (Fsp3) is 0.296. The quantitative estimate of drug-likeness (QED) is 0.524. The van der Waals surface area contributed by atoms with Gasteiger partial charge in [0.25, 0.3) is 5.91 Å². The van der Waals surface area contributed by atoms with Crippen molar-refractivity contribution in [2.45, 2.75) is 26.7 Å². The Balaban J connectivity index is 1.64. The van der Waals surface area contributed by atoms with Gasteiger partial charge >= 0.3 is 0 Å². The first-order chi connectivity index (χ1) is 15.4. The number of carbonyl (C=O) groups is 1. The molecule has 0 saturated carbocycles. The van der Waals surface area contributed by atoms with Crippen LogP contribution in [0.4, 0.5) is 5.69 Å². The number of hydrogen-bond donors (Lipinski definition) is 1. The Hall–Kier alpha value is -3.31. The normalized spacial score (nSPS) is 14.2. The Bertz CT molecular complexity index is 1190. The first-order valence-electron chi connectivity index (χ1n) is 11.0. The molecule has 5 nitrogen and oxygen atoms in total. The first kappa shape index (κ1) is 21.9. The van der Waals surface area contributed by atoms with Crippen molar-refractivity contribution in [3.8, 4) is 16.9 Å². The average molecular weight is 430 g/mol. The van der Waals surface area contributed by atoms with Crippen LogP contribution in [0.1, 0.15) is 28.8 Å². The summed E-state index contributed by atoms with van der Waals surface area (Å²) in [4.78, 5) is 15.0. The van der Waals surface area contributed by atoms with Crippen molar-refractivity contribution in [2.24, 2.45) is 0 Å². The van der Waals surface area contributed by atoms with Gasteiger partial charge in [0.05, 0.1) is 12.7 Å². The van der Waals surface area contributed by atoms with Crippen LogP contribution >= 0.6 is 0 Å². The van der Waals surface area contributed by atoms with Gasteiger partial charge in [0, 0.05) is 29.3 Å². The molecular formula is C27H31N3O2. The number of ether oxygens (including phenoxy) is 1. The zero-order valence-corrected chi connectivity index (χ0v) is 19.5. The van der Waals surface area contributed by atoms with E-state index in [0.29, 0.717) is 5.57 Å². The van der Waals surface area contributed by atoms with Crippen LogP contribution in [0.25, 0.3) is 22.9 Å². The van der Waals surface area contributed by atoms with Gasteiger partial charge in [-0.2, -0.15) is 0 Å². The van der Waals surface area contributed by atoms with Crippen LogP contribution in [0.5, 0.6) is 5.75 Å². The third-order valence-electron chi connectivity index (χ3n) is 6.14. The number of hydrogen-bond acceptors (Lipinski definition) is 3. The molecule has 3 aromatic rings. The SMILES string of the molecule is COc1cccc(-c2ccc3c(c2)NC(=O)C3=Cn2cc(C)c(CCCN(C)C)c2C)c1. The second-order valence-corrected chi connectivity index (χ2v) is 8.68. The van der Waals surface area contributed by atoms with Crippen molar-refractivity contribution >= 4 is 23.4 Å². The third kappa shape index (κ3) is 4.34. The van der Waals surface area contributed by atoms with Crippen LogP contribution in [0.2, 0.25) is 0 Å². The van der Waals surface area contributed by atoms with Gasteiger partial charge in [-0.3, -0.25) is 4.79 Å². The van der Waals surface area contributed by atoms with Gasteiger partial charge in [-0.1, -0.05) is 24.3 Å². The van der Waals surface area contributed by atoms with Crippen LogP contribution in [0.15, 0.2) is 48.7 Å². The number of nitrogens with zero attached hydrogens (tertiary/aromatic N) is 2. The summed E-state index contributed by atoms with van der Waals surface area (Å²) in [7, 11) is 5.87. The maximum Gasteiger partial charge on any atom is 0.257 e. The third-order valence-corrected chi connectivity index (χ3v) is 6.14. The molecular weight excluding hydrogens is 398 g/mol. The molecule has 0 fully saturated rings. The fourth-order valence-electron chi connectivity index (χ4n) is 4.35. The lowest BCUT2D eigenvalue weighted by molar-refractivity contribution is -0.110. The van der Waals surface area contributed by atoms with Crippen LogP contribution < -0.4 is 10.1 Å². The van der Waals surface area contributed by atoms with E-state index in [1.807, 2.05) is 42.6 Å². The Morgan fingerprint density at radius 2 is 1.88 bits per heavy atom. The van der Waals surface area contributed by atoms with E-state index in [2.05, 4.69) is 55.0 Å². The van der Waals surface area contributed by atoms with Crippen LogP contribution in [0, 0.1) is 13.8 Å². The van der Waals surface area contributed by atoms with Gasteiger partial charge < -0.3 is 19.5 Å². The molecule has 1 aromatic heterocycles. The molecule has 1 aliphatic heterocycles. The summed E-state index contributed by atoms with van der Waals surface area (Å²) < 4.78 is 7.44. The molecule has 32 heavy (non-hydrogen) atoms. The lowest BCUT2D eigenvalue weighted by Gasteiger charge is -2.10. The molecule has 0 bridgehead atoms. The molecule has 0 atom stereocenters. The van der Waals surface area contributed by atoms with Crippen molar-refractivity contribution in [2.75, 3.05) is 33.1 Å². The van der Waals surface area contributed by atoms with Gasteiger partial charge in [-0.05, 0) is 87.8 Å². The Kier molecular flexibility index (Phi) is 6.19. The first-order valence-corrected chi connectivity index (χ1v) is 11.0. The van der Waals surface area contributed by atoms with E-state index in [0.717, 1.165) is 47.5 Å². The molecule has 166 valence electrons. The van der Waals surface area contributed by atoms with Crippen molar-refractivity contribution in [3.63, 3.8) is 0 Å². The van der Waals surface area contributed by atoms with Gasteiger partial charge in [-0.25, -0.2) is 0 Å². The van der Waals surface area contributed by atoms with Crippen LogP contribution in [-0.4, -0.2) is 43.1 Å². The van der Waals surface area contributed by atoms with Gasteiger partial charge in [0.15, 0.2) is 0 Å². The topological polar surface area (TPSA) is 46.5 Å². The summed E-state index contributed by atoms with van der Waals surface area (Å²) in [6, 6.07) is 14.1. The van der Waals surface area contributed by atoms with Gasteiger partial charge in [0.2, 0.25) is 0 Å². The highest BCUT2D eigenvalue weighted by atomic mass is 16.5. The standard InChI is InChI=1S/C27H31N3O2/c1-18-16-30(19(2)23(18)10-7-13-29(3)4)17-25-24-12-11-21(15-26(24)28-27(25)31)20-8-6-9-22(14-20)32-5/h6,8-9,11-12,14-17H,7,10,13H2,1-5H3,(H,28,31). The van der Waals surface area contributed by atoms with E-state index in [4.69, 9.17) is 4.74 Å². The molecule has 0 unspecified atom stereocenters. The number of carbonyl (C=O) groups excluding carboxylic acids is 1. The largest absolute Gasteiger partial charge is 0.497 e. The highest BCUT2D eigenvalue weighted by molar-refractivity contribution is 6.34. The predicted octanol–water partition coefficient (Wildman–Crippen LogP) is 5.22. The number of nitrogens with one attached hydrogen (secondary N) is 1. The number of rotatable bonds is 7. The summed E-state index contributed by atoms with van der Waals surface area (Å²) in [6.45, 7) is 5.35. The van der Waals surface area contributed by atoms with Crippen molar-refractivity contribution < 1.29 is 9.53 Å². The predicted molar refractivity (Wildman–Crippen MR) is 132 cm³/mol. The maximum absolute atomic E-state index is 12.8. The fourth-order valence-corrected chi connectivity index (χ4v) is 4.35. The number of aromatic nitrogens is 1. The zero-order valence-electron chi connectivity index (χ0n) is 19.5.